The molecule has 6 nitrogen and oxygen atoms in total. The van der Waals surface area contributed by atoms with Gasteiger partial charge in [0.2, 0.25) is 0 Å². The second-order valence-electron chi connectivity index (χ2n) is 4.74. The molecule has 1 aliphatic rings. The van der Waals surface area contributed by atoms with Gasteiger partial charge in [-0.1, -0.05) is 49.6 Å². The van der Waals surface area contributed by atoms with Crippen LogP contribution in [-0.4, -0.2) is 34.0 Å². The van der Waals surface area contributed by atoms with E-state index in [0.717, 1.165) is 19.3 Å². The number of Topliss-reactive ketones (excluding diaryl/α,β-unsaturated/α-hetero) is 1. The normalized spacial score (nSPS) is 17.8. The number of rotatable bonds is 2. The van der Waals surface area contributed by atoms with Gasteiger partial charge < -0.3 is 5.11 Å². The fourth-order valence-corrected chi connectivity index (χ4v) is 2.22. The van der Waals surface area contributed by atoms with Gasteiger partial charge in [-0.25, -0.2) is 0 Å². The summed E-state index contributed by atoms with van der Waals surface area (Å²) < 4.78 is 31.6. The van der Waals surface area contributed by atoms with E-state index < -0.39 is 16.0 Å². The minimum Gasteiger partial charge on any atom is -0.382 e. The molecule has 0 heterocycles. The lowest BCUT2D eigenvalue weighted by Crippen LogP contribution is -2.40. The monoisotopic (exact) mass is 302 g/mol. The summed E-state index contributed by atoms with van der Waals surface area (Å²) in [6, 6.07) is 9.09. The number of hydrogen-bond donors (Lipinski definition) is 3. The Kier molecular flexibility index (Phi) is 5.82. The zero-order valence-electron chi connectivity index (χ0n) is 10.9. The van der Waals surface area contributed by atoms with Crippen LogP contribution in [0.25, 0.3) is 0 Å². The number of carbonyl (C=O) groups is 1. The molecular weight excluding hydrogens is 284 g/mol. The first-order valence-electron chi connectivity index (χ1n) is 6.24. The van der Waals surface area contributed by atoms with E-state index in [9.17, 15) is 9.90 Å². The van der Waals surface area contributed by atoms with Crippen molar-refractivity contribution in [3.63, 3.8) is 0 Å². The van der Waals surface area contributed by atoms with Gasteiger partial charge in [-0.2, -0.15) is 8.42 Å². The summed E-state index contributed by atoms with van der Waals surface area (Å²) in [5.41, 5.74) is -0.471. The number of carbonyl (C=O) groups excluding carboxylic acids is 1. The smallest absolute Gasteiger partial charge is 0.382 e. The molecule has 1 aromatic rings. The van der Waals surface area contributed by atoms with E-state index in [4.69, 9.17) is 17.5 Å². The van der Waals surface area contributed by atoms with Crippen molar-refractivity contribution in [3.8, 4) is 0 Å². The highest BCUT2D eigenvalue weighted by Crippen LogP contribution is 2.30. The Bertz CT molecular complexity index is 523. The molecule has 0 unspecified atom stereocenters. The van der Waals surface area contributed by atoms with E-state index in [-0.39, 0.29) is 5.78 Å². The first-order chi connectivity index (χ1) is 9.22. The largest absolute Gasteiger partial charge is 0.394 e. The number of benzene rings is 1. The van der Waals surface area contributed by atoms with Gasteiger partial charge >= 0.3 is 10.4 Å². The Morgan fingerprint density at radius 1 is 1.00 bits per heavy atom. The minimum absolute atomic E-state index is 0.109. The van der Waals surface area contributed by atoms with E-state index >= 15 is 0 Å². The van der Waals surface area contributed by atoms with Crippen molar-refractivity contribution in [2.24, 2.45) is 0 Å². The van der Waals surface area contributed by atoms with Crippen LogP contribution >= 0.6 is 0 Å². The van der Waals surface area contributed by atoms with Crippen molar-refractivity contribution in [2.75, 3.05) is 0 Å². The lowest BCUT2D eigenvalue weighted by Gasteiger charge is -2.30. The van der Waals surface area contributed by atoms with Crippen LogP contribution in [0.3, 0.4) is 0 Å². The zero-order chi connectivity index (χ0) is 15.2. The molecule has 112 valence electrons. The summed E-state index contributed by atoms with van der Waals surface area (Å²) in [4.78, 5) is 12.1. The Hall–Kier alpha value is -1.28. The summed E-state index contributed by atoms with van der Waals surface area (Å²) in [7, 11) is -4.67. The molecule has 1 aromatic carbocycles. The number of ketones is 1. The minimum atomic E-state index is -4.67. The SMILES string of the molecule is O=C(c1ccccc1)C1(O)CCCCC1.O=S(=O)(O)O. The van der Waals surface area contributed by atoms with E-state index in [1.807, 2.05) is 18.2 Å². The summed E-state index contributed by atoms with van der Waals surface area (Å²) in [6.07, 6.45) is 4.26. The predicted octanol–water partition coefficient (Wildman–Crippen LogP) is 1.91. The van der Waals surface area contributed by atoms with Crippen LogP contribution in [0.5, 0.6) is 0 Å². The lowest BCUT2D eigenvalue weighted by molar-refractivity contribution is 0.0116. The van der Waals surface area contributed by atoms with Gasteiger partial charge in [-0.15, -0.1) is 0 Å². The maximum atomic E-state index is 12.1. The zero-order valence-corrected chi connectivity index (χ0v) is 11.7. The first kappa shape index (κ1) is 16.8. The summed E-state index contributed by atoms with van der Waals surface area (Å²) in [5.74, 6) is -0.109. The van der Waals surface area contributed by atoms with Gasteiger partial charge in [0, 0.05) is 5.56 Å². The Balaban J connectivity index is 0.000000347. The summed E-state index contributed by atoms with van der Waals surface area (Å²) in [5, 5.41) is 10.2. The molecule has 0 bridgehead atoms. The molecule has 0 radical (unpaired) electrons. The molecule has 0 spiro atoms. The quantitative estimate of drug-likeness (QED) is 0.568. The Morgan fingerprint density at radius 2 is 1.45 bits per heavy atom. The predicted molar refractivity (Wildman–Crippen MR) is 73.0 cm³/mol. The topological polar surface area (TPSA) is 112 Å². The summed E-state index contributed by atoms with van der Waals surface area (Å²) >= 11 is 0. The van der Waals surface area contributed by atoms with Gasteiger partial charge in [-0.3, -0.25) is 13.9 Å². The van der Waals surface area contributed by atoms with Crippen molar-refractivity contribution in [1.29, 1.82) is 0 Å². The number of aliphatic hydroxyl groups is 1. The summed E-state index contributed by atoms with van der Waals surface area (Å²) in [6.45, 7) is 0. The average Bonchev–Trinajstić information content (AvgIpc) is 2.38. The van der Waals surface area contributed by atoms with Crippen molar-refractivity contribution in [3.05, 3.63) is 35.9 Å². The van der Waals surface area contributed by atoms with Crippen molar-refractivity contribution in [2.45, 2.75) is 37.7 Å². The molecule has 7 heteroatoms. The van der Waals surface area contributed by atoms with Gasteiger partial charge in [0.1, 0.15) is 5.60 Å². The van der Waals surface area contributed by atoms with E-state index in [2.05, 4.69) is 0 Å². The van der Waals surface area contributed by atoms with Crippen LogP contribution in [0.1, 0.15) is 42.5 Å². The standard InChI is InChI=1S/C13H16O2.H2O4S/c14-12(11-7-3-1-4-8-11)13(15)9-5-2-6-10-13;1-5(2,3)4/h1,3-4,7-8,15H,2,5-6,9-10H2;(H2,1,2,3,4). The third-order valence-electron chi connectivity index (χ3n) is 3.14. The van der Waals surface area contributed by atoms with Crippen LogP contribution < -0.4 is 0 Å². The second-order valence-corrected chi connectivity index (χ2v) is 5.63. The maximum Gasteiger partial charge on any atom is 0.394 e. The fourth-order valence-electron chi connectivity index (χ4n) is 2.22. The highest BCUT2D eigenvalue weighted by atomic mass is 32.3. The third-order valence-corrected chi connectivity index (χ3v) is 3.14. The Labute approximate surface area is 118 Å². The molecule has 0 atom stereocenters. The molecule has 1 fully saturated rings. The highest BCUT2D eigenvalue weighted by molar-refractivity contribution is 7.79. The highest BCUT2D eigenvalue weighted by Gasteiger charge is 2.37. The lowest BCUT2D eigenvalue weighted by atomic mass is 9.79. The van der Waals surface area contributed by atoms with E-state index in [1.165, 1.54) is 0 Å². The van der Waals surface area contributed by atoms with Crippen molar-refractivity contribution < 1.29 is 27.4 Å². The third kappa shape index (κ3) is 5.79. The molecule has 1 saturated carbocycles. The van der Waals surface area contributed by atoms with Gasteiger partial charge in [-0.05, 0) is 12.8 Å². The van der Waals surface area contributed by atoms with Crippen molar-refractivity contribution >= 4 is 16.2 Å². The molecule has 0 saturated heterocycles. The van der Waals surface area contributed by atoms with E-state index in [0.29, 0.717) is 18.4 Å². The first-order valence-corrected chi connectivity index (χ1v) is 7.64. The van der Waals surface area contributed by atoms with E-state index in [1.54, 1.807) is 12.1 Å². The molecule has 1 aliphatic carbocycles. The van der Waals surface area contributed by atoms with Crippen LogP contribution in [0, 0.1) is 0 Å². The molecule has 20 heavy (non-hydrogen) atoms. The number of hydrogen-bond acceptors (Lipinski definition) is 4. The van der Waals surface area contributed by atoms with Crippen LogP contribution in [-0.2, 0) is 10.4 Å². The average molecular weight is 302 g/mol. The molecule has 0 amide bonds. The van der Waals surface area contributed by atoms with Crippen LogP contribution in [0.4, 0.5) is 0 Å². The van der Waals surface area contributed by atoms with Crippen LogP contribution in [0.15, 0.2) is 30.3 Å². The van der Waals surface area contributed by atoms with Gasteiger partial charge in [0.25, 0.3) is 0 Å². The molecule has 0 aliphatic heterocycles. The molecular formula is C13H18O6S. The molecule has 3 N–H and O–H groups in total. The second kappa shape index (κ2) is 6.94. The maximum absolute atomic E-state index is 12.1. The van der Waals surface area contributed by atoms with Crippen LogP contribution in [0.2, 0.25) is 0 Å². The van der Waals surface area contributed by atoms with Crippen molar-refractivity contribution in [1.82, 2.24) is 0 Å². The van der Waals surface area contributed by atoms with Gasteiger partial charge in [0.05, 0.1) is 0 Å². The van der Waals surface area contributed by atoms with Gasteiger partial charge in [0.15, 0.2) is 5.78 Å². The fraction of sp³-hybridized carbons (Fsp3) is 0.462. The Morgan fingerprint density at radius 3 is 1.90 bits per heavy atom. The molecule has 0 aromatic heterocycles. The molecule has 2 rings (SSSR count).